The number of carbonyl (C=O) groups excluding carboxylic acids is 1. The minimum absolute atomic E-state index is 0.268. The van der Waals surface area contributed by atoms with Crippen molar-refractivity contribution >= 4 is 28.5 Å². The number of rotatable bonds is 5. The highest BCUT2D eigenvalue weighted by atomic mass is 35.5. The molecule has 0 saturated carbocycles. The van der Waals surface area contributed by atoms with E-state index in [1.54, 1.807) is 5.32 Å². The average Bonchev–Trinajstić information content (AvgIpc) is 2.50. The molecule has 0 aliphatic carbocycles. The Kier molecular flexibility index (Phi) is 6.92. The molecule has 0 unspecified atom stereocenters. The Bertz CT molecular complexity index is 673. The van der Waals surface area contributed by atoms with Crippen LogP contribution in [0, 0.1) is 11.7 Å². The fourth-order valence-electron chi connectivity index (χ4n) is 1.50. The number of benzene rings is 1. The Hall–Kier alpha value is -2.24. The van der Waals surface area contributed by atoms with Gasteiger partial charge in [0.1, 0.15) is 11.0 Å². The number of urea groups is 1. The normalized spacial score (nSPS) is 13.5. The van der Waals surface area contributed by atoms with Gasteiger partial charge in [0.05, 0.1) is 0 Å². The quantitative estimate of drug-likeness (QED) is 0.303. The van der Waals surface area contributed by atoms with Crippen molar-refractivity contribution in [2.75, 3.05) is 5.32 Å². The molecule has 27 heavy (non-hydrogen) atoms. The molecule has 2 amide bonds. The first-order valence-electron chi connectivity index (χ1n) is 7.09. The largest absolute Gasteiger partial charge is 0.461 e. The molecule has 152 valence electrons. The first-order valence-corrected chi connectivity index (χ1v) is 7.47. The molecule has 5 nitrogen and oxygen atoms in total. The summed E-state index contributed by atoms with van der Waals surface area (Å²) >= 11 is 5.43. The van der Waals surface area contributed by atoms with Crippen LogP contribution in [0.4, 0.5) is 41.2 Å². The molecule has 0 aliphatic rings. The van der Waals surface area contributed by atoms with E-state index in [0.29, 0.717) is 5.32 Å². The standard InChI is InChI=1S/C14H13ClF7N3O2/c1-7(2)10(15)25-27-12(13(17,18)19,14(20,21)22)24-11(26)23-9-5-3-8(16)4-6-9/h3-7H,1-2H3,(H2,23,24,26)/b25-10+. The molecule has 1 aromatic carbocycles. The Balaban J connectivity index is 3.21. The number of oxime groups is 1. The van der Waals surface area contributed by atoms with Gasteiger partial charge in [0, 0.05) is 11.6 Å². The fraction of sp³-hybridized carbons (Fsp3) is 0.429. The molecule has 0 atom stereocenters. The zero-order chi connectivity index (χ0) is 21.0. The Morgan fingerprint density at radius 3 is 1.96 bits per heavy atom. The average molecular weight is 424 g/mol. The van der Waals surface area contributed by atoms with Gasteiger partial charge in [-0.1, -0.05) is 30.6 Å². The van der Waals surface area contributed by atoms with Crippen molar-refractivity contribution in [1.29, 1.82) is 0 Å². The second-order valence-electron chi connectivity index (χ2n) is 5.42. The van der Waals surface area contributed by atoms with E-state index >= 15 is 0 Å². The number of amides is 2. The van der Waals surface area contributed by atoms with Crippen LogP contribution in [0.5, 0.6) is 0 Å². The number of hydrogen-bond donors (Lipinski definition) is 2. The Labute approximate surface area is 153 Å². The van der Waals surface area contributed by atoms with E-state index < -0.39 is 41.0 Å². The van der Waals surface area contributed by atoms with Gasteiger partial charge in [0.25, 0.3) is 0 Å². The molecular weight excluding hydrogens is 411 g/mol. The molecule has 0 aromatic heterocycles. The lowest BCUT2D eigenvalue weighted by atomic mass is 10.2. The number of halogens is 8. The van der Waals surface area contributed by atoms with Crippen molar-refractivity contribution in [2.45, 2.75) is 31.9 Å². The van der Waals surface area contributed by atoms with Gasteiger partial charge in [-0.15, -0.1) is 0 Å². The second-order valence-corrected chi connectivity index (χ2v) is 5.81. The van der Waals surface area contributed by atoms with Gasteiger partial charge >= 0.3 is 24.1 Å². The summed E-state index contributed by atoms with van der Waals surface area (Å²) in [6, 6.07) is 1.59. The van der Waals surface area contributed by atoms with Crippen LogP contribution in [0.1, 0.15) is 13.8 Å². The van der Waals surface area contributed by atoms with E-state index in [-0.39, 0.29) is 5.69 Å². The smallest absolute Gasteiger partial charge is 0.346 e. The second kappa shape index (κ2) is 8.19. The van der Waals surface area contributed by atoms with Gasteiger partial charge in [0.2, 0.25) is 0 Å². The van der Waals surface area contributed by atoms with Gasteiger partial charge in [-0.25, -0.2) is 9.18 Å². The summed E-state index contributed by atoms with van der Waals surface area (Å²) in [4.78, 5) is 15.4. The minimum atomic E-state index is -6.15. The van der Waals surface area contributed by atoms with E-state index in [4.69, 9.17) is 11.6 Å². The molecule has 0 radical (unpaired) electrons. The van der Waals surface area contributed by atoms with Gasteiger partial charge in [-0.2, -0.15) is 26.3 Å². The third-order valence-electron chi connectivity index (χ3n) is 2.94. The minimum Gasteiger partial charge on any atom is -0.346 e. The van der Waals surface area contributed by atoms with Crippen molar-refractivity contribution in [2.24, 2.45) is 11.1 Å². The van der Waals surface area contributed by atoms with Crippen LogP contribution in [0.3, 0.4) is 0 Å². The van der Waals surface area contributed by atoms with Crippen LogP contribution in [0.2, 0.25) is 0 Å². The van der Waals surface area contributed by atoms with Crippen LogP contribution in [-0.4, -0.2) is 29.3 Å². The predicted octanol–water partition coefficient (Wildman–Crippen LogP) is 4.99. The van der Waals surface area contributed by atoms with Crippen LogP contribution < -0.4 is 10.6 Å². The summed E-state index contributed by atoms with van der Waals surface area (Å²) in [6.07, 6.45) is -12.3. The van der Waals surface area contributed by atoms with E-state index in [1.807, 2.05) is 0 Å². The molecule has 1 rings (SSSR count). The molecule has 0 spiro atoms. The highest BCUT2D eigenvalue weighted by Gasteiger charge is 2.76. The number of nitrogens with one attached hydrogen (secondary N) is 2. The Morgan fingerprint density at radius 1 is 1.07 bits per heavy atom. The van der Waals surface area contributed by atoms with Crippen LogP contribution >= 0.6 is 11.6 Å². The molecule has 13 heteroatoms. The van der Waals surface area contributed by atoms with E-state index in [1.165, 1.54) is 13.8 Å². The SMILES string of the molecule is CC(C)/C(Cl)=N\OC(NC(=O)Nc1ccc(F)cc1)(C(F)(F)F)C(F)(F)F. The third-order valence-corrected chi connectivity index (χ3v) is 3.44. The molecule has 0 saturated heterocycles. The monoisotopic (exact) mass is 423 g/mol. The maximum Gasteiger partial charge on any atom is 0.461 e. The third kappa shape index (κ3) is 5.62. The zero-order valence-electron chi connectivity index (χ0n) is 13.7. The highest BCUT2D eigenvalue weighted by Crippen LogP contribution is 2.44. The van der Waals surface area contributed by atoms with Gasteiger partial charge < -0.3 is 10.2 Å². The van der Waals surface area contributed by atoms with E-state index in [9.17, 15) is 35.5 Å². The first kappa shape index (κ1) is 22.8. The van der Waals surface area contributed by atoms with Crippen LogP contribution in [0.15, 0.2) is 29.4 Å². The van der Waals surface area contributed by atoms with Gasteiger partial charge in [0.15, 0.2) is 0 Å². The topological polar surface area (TPSA) is 62.7 Å². The number of hydrogen-bond acceptors (Lipinski definition) is 3. The molecule has 0 bridgehead atoms. The summed E-state index contributed by atoms with van der Waals surface area (Å²) in [6.45, 7) is 2.68. The molecule has 0 aliphatic heterocycles. The fourth-order valence-corrected chi connectivity index (χ4v) is 1.54. The van der Waals surface area contributed by atoms with Crippen molar-refractivity contribution in [3.8, 4) is 0 Å². The maximum absolute atomic E-state index is 13.2. The number of anilines is 1. The summed E-state index contributed by atoms with van der Waals surface area (Å²) in [7, 11) is 0. The lowest BCUT2D eigenvalue weighted by Gasteiger charge is -2.34. The summed E-state index contributed by atoms with van der Waals surface area (Å²) in [5.74, 6) is -1.47. The van der Waals surface area contributed by atoms with Gasteiger partial charge in [-0.3, -0.25) is 5.32 Å². The lowest BCUT2D eigenvalue weighted by molar-refractivity contribution is -0.388. The number of alkyl halides is 6. The number of nitrogens with zero attached hydrogens (tertiary/aromatic N) is 1. The predicted molar refractivity (Wildman–Crippen MR) is 82.6 cm³/mol. The van der Waals surface area contributed by atoms with Crippen molar-refractivity contribution in [3.05, 3.63) is 30.1 Å². The van der Waals surface area contributed by atoms with E-state index in [2.05, 4.69) is 9.99 Å². The molecular formula is C14H13ClF7N3O2. The summed E-state index contributed by atoms with van der Waals surface area (Å²) in [5.41, 5.74) is -5.44. The lowest BCUT2D eigenvalue weighted by Crippen LogP contribution is -2.69. The van der Waals surface area contributed by atoms with Crippen LogP contribution in [0.25, 0.3) is 0 Å². The zero-order valence-corrected chi connectivity index (χ0v) is 14.4. The molecule has 0 fully saturated rings. The maximum atomic E-state index is 13.2. The Morgan fingerprint density at radius 2 is 1.56 bits per heavy atom. The van der Waals surface area contributed by atoms with Crippen LogP contribution in [-0.2, 0) is 4.84 Å². The highest BCUT2D eigenvalue weighted by molar-refractivity contribution is 6.65. The summed E-state index contributed by atoms with van der Waals surface area (Å²) < 4.78 is 92.1. The molecule has 1 aromatic rings. The van der Waals surface area contributed by atoms with Crippen molar-refractivity contribution in [1.82, 2.24) is 5.32 Å². The van der Waals surface area contributed by atoms with Gasteiger partial charge in [-0.05, 0) is 24.3 Å². The number of carbonyl (C=O) groups is 1. The first-order chi connectivity index (χ1) is 12.2. The molecule has 0 heterocycles. The molecule has 2 N–H and O–H groups in total. The summed E-state index contributed by atoms with van der Waals surface area (Å²) in [5, 5.41) is 4.35. The van der Waals surface area contributed by atoms with Crippen molar-refractivity contribution < 1.29 is 40.4 Å². The van der Waals surface area contributed by atoms with E-state index in [0.717, 1.165) is 24.3 Å². The van der Waals surface area contributed by atoms with Crippen molar-refractivity contribution in [3.63, 3.8) is 0 Å².